The Morgan fingerprint density at radius 3 is 2.61 bits per heavy atom. The molecule has 106 valence electrons. The van der Waals surface area contributed by atoms with Gasteiger partial charge in [-0.25, -0.2) is 0 Å². The molecule has 1 aliphatic carbocycles. The van der Waals surface area contributed by atoms with Gasteiger partial charge in [-0.15, -0.1) is 0 Å². The zero-order chi connectivity index (χ0) is 13.0. The Hall–Kier alpha value is -0.0800. The summed E-state index contributed by atoms with van der Waals surface area (Å²) in [6, 6.07) is 1.50. The lowest BCUT2D eigenvalue weighted by molar-refractivity contribution is 0.228. The fraction of sp³-hybridized carbons (Fsp3) is 1.00. The van der Waals surface area contributed by atoms with Crippen LogP contribution in [0.2, 0.25) is 0 Å². The van der Waals surface area contributed by atoms with Crippen molar-refractivity contribution in [3.05, 3.63) is 0 Å². The van der Waals surface area contributed by atoms with Crippen LogP contribution >= 0.6 is 0 Å². The number of hydrogen-bond donors (Lipinski definition) is 1. The maximum atomic E-state index is 3.86. The number of rotatable bonds is 4. The monoisotopic (exact) mass is 252 g/mol. The second kappa shape index (κ2) is 6.91. The molecule has 2 fully saturated rings. The van der Waals surface area contributed by atoms with E-state index in [-0.39, 0.29) is 0 Å². The highest BCUT2D eigenvalue weighted by Gasteiger charge is 2.23. The number of likely N-dealkylation sites (tertiary alicyclic amines) is 1. The van der Waals surface area contributed by atoms with E-state index in [0.717, 1.165) is 23.9 Å². The van der Waals surface area contributed by atoms with Crippen LogP contribution in [0.1, 0.15) is 59.3 Å². The van der Waals surface area contributed by atoms with Gasteiger partial charge in [-0.1, -0.05) is 13.3 Å². The molecule has 0 aromatic heterocycles. The summed E-state index contributed by atoms with van der Waals surface area (Å²) in [5.74, 6) is 1.94. The van der Waals surface area contributed by atoms with Crippen molar-refractivity contribution in [2.45, 2.75) is 71.4 Å². The molecule has 3 unspecified atom stereocenters. The summed E-state index contributed by atoms with van der Waals surface area (Å²) in [5.41, 5.74) is 0. The smallest absolute Gasteiger partial charge is 0.00798 e. The van der Waals surface area contributed by atoms with Crippen molar-refractivity contribution in [1.82, 2.24) is 10.2 Å². The van der Waals surface area contributed by atoms with Crippen LogP contribution in [0.3, 0.4) is 0 Å². The minimum Gasteiger partial charge on any atom is -0.314 e. The molecule has 2 heteroatoms. The first-order valence-corrected chi connectivity index (χ1v) is 8.12. The molecule has 0 aromatic carbocycles. The van der Waals surface area contributed by atoms with E-state index in [9.17, 15) is 0 Å². The van der Waals surface area contributed by atoms with Gasteiger partial charge in [0.1, 0.15) is 0 Å². The van der Waals surface area contributed by atoms with Crippen molar-refractivity contribution < 1.29 is 0 Å². The molecule has 0 spiro atoms. The lowest BCUT2D eigenvalue weighted by Crippen LogP contribution is -2.35. The quantitative estimate of drug-likeness (QED) is 0.826. The average molecular weight is 252 g/mol. The summed E-state index contributed by atoms with van der Waals surface area (Å²) in [5, 5.41) is 3.86. The molecule has 1 N–H and O–H groups in total. The van der Waals surface area contributed by atoms with Gasteiger partial charge in [-0.2, -0.15) is 0 Å². The van der Waals surface area contributed by atoms with Gasteiger partial charge in [0.2, 0.25) is 0 Å². The van der Waals surface area contributed by atoms with E-state index in [4.69, 9.17) is 0 Å². The summed E-state index contributed by atoms with van der Waals surface area (Å²) < 4.78 is 0. The SMILES string of the molecule is CC1CCC(CNC2CCCN(C(C)C)CC2)C1. The predicted octanol–water partition coefficient (Wildman–Crippen LogP) is 3.28. The predicted molar refractivity (Wildman–Crippen MR) is 78.9 cm³/mol. The first-order chi connectivity index (χ1) is 8.65. The highest BCUT2D eigenvalue weighted by molar-refractivity contribution is 4.80. The molecule has 3 atom stereocenters. The summed E-state index contributed by atoms with van der Waals surface area (Å²) in [6.07, 6.45) is 8.47. The van der Waals surface area contributed by atoms with Crippen molar-refractivity contribution >= 4 is 0 Å². The van der Waals surface area contributed by atoms with Gasteiger partial charge >= 0.3 is 0 Å². The third-order valence-corrected chi connectivity index (χ3v) is 4.99. The Kier molecular flexibility index (Phi) is 5.50. The Morgan fingerprint density at radius 2 is 1.94 bits per heavy atom. The highest BCUT2D eigenvalue weighted by Crippen LogP contribution is 2.29. The molecular weight excluding hydrogens is 220 g/mol. The Balaban J connectivity index is 1.67. The van der Waals surface area contributed by atoms with Gasteiger partial charge in [-0.05, 0) is 77.4 Å². The summed E-state index contributed by atoms with van der Waals surface area (Å²) >= 11 is 0. The molecule has 2 rings (SSSR count). The third-order valence-electron chi connectivity index (χ3n) is 4.99. The second-order valence-electron chi connectivity index (χ2n) is 6.95. The molecule has 0 amide bonds. The van der Waals surface area contributed by atoms with E-state index >= 15 is 0 Å². The molecular formula is C16H32N2. The van der Waals surface area contributed by atoms with E-state index in [2.05, 4.69) is 31.0 Å². The first-order valence-electron chi connectivity index (χ1n) is 8.12. The minimum atomic E-state index is 0.722. The van der Waals surface area contributed by atoms with E-state index in [1.165, 1.54) is 58.2 Å². The fourth-order valence-electron chi connectivity index (χ4n) is 3.68. The second-order valence-corrected chi connectivity index (χ2v) is 6.95. The van der Waals surface area contributed by atoms with Crippen LogP contribution in [-0.4, -0.2) is 36.6 Å². The highest BCUT2D eigenvalue weighted by atomic mass is 15.1. The molecule has 1 saturated heterocycles. The van der Waals surface area contributed by atoms with Crippen LogP contribution in [-0.2, 0) is 0 Å². The molecule has 1 heterocycles. The van der Waals surface area contributed by atoms with Crippen LogP contribution in [0, 0.1) is 11.8 Å². The molecule has 1 aliphatic heterocycles. The zero-order valence-electron chi connectivity index (χ0n) is 12.6. The van der Waals surface area contributed by atoms with Crippen molar-refractivity contribution in [3.8, 4) is 0 Å². The van der Waals surface area contributed by atoms with Gasteiger partial charge in [0.15, 0.2) is 0 Å². The first kappa shape index (κ1) is 14.3. The van der Waals surface area contributed by atoms with Crippen molar-refractivity contribution in [3.63, 3.8) is 0 Å². The molecule has 1 saturated carbocycles. The van der Waals surface area contributed by atoms with Gasteiger partial charge in [0.25, 0.3) is 0 Å². The molecule has 0 radical (unpaired) electrons. The number of nitrogens with zero attached hydrogens (tertiary/aromatic N) is 1. The maximum Gasteiger partial charge on any atom is 0.00798 e. The zero-order valence-corrected chi connectivity index (χ0v) is 12.6. The van der Waals surface area contributed by atoms with Crippen molar-refractivity contribution in [1.29, 1.82) is 0 Å². The van der Waals surface area contributed by atoms with E-state index in [1.807, 2.05) is 0 Å². The Bertz CT molecular complexity index is 239. The molecule has 0 bridgehead atoms. The lowest BCUT2D eigenvalue weighted by atomic mass is 10.0. The standard InChI is InChI=1S/C16H32N2/c1-13(2)18-9-4-5-16(8-10-18)17-12-15-7-6-14(3)11-15/h13-17H,4-12H2,1-3H3. The Morgan fingerprint density at radius 1 is 1.11 bits per heavy atom. The van der Waals surface area contributed by atoms with Crippen LogP contribution in [0.15, 0.2) is 0 Å². The van der Waals surface area contributed by atoms with E-state index in [0.29, 0.717) is 0 Å². The largest absolute Gasteiger partial charge is 0.314 e. The third kappa shape index (κ3) is 4.24. The molecule has 2 nitrogen and oxygen atoms in total. The minimum absolute atomic E-state index is 0.722. The topological polar surface area (TPSA) is 15.3 Å². The summed E-state index contributed by atoms with van der Waals surface area (Å²) in [7, 11) is 0. The van der Waals surface area contributed by atoms with E-state index in [1.54, 1.807) is 0 Å². The summed E-state index contributed by atoms with van der Waals surface area (Å²) in [4.78, 5) is 2.64. The fourth-order valence-corrected chi connectivity index (χ4v) is 3.68. The number of hydrogen-bond acceptors (Lipinski definition) is 2. The van der Waals surface area contributed by atoms with Crippen molar-refractivity contribution in [2.24, 2.45) is 11.8 Å². The van der Waals surface area contributed by atoms with Gasteiger partial charge < -0.3 is 10.2 Å². The molecule has 2 aliphatic rings. The van der Waals surface area contributed by atoms with Gasteiger partial charge in [-0.3, -0.25) is 0 Å². The van der Waals surface area contributed by atoms with E-state index < -0.39 is 0 Å². The maximum absolute atomic E-state index is 3.86. The molecule has 0 aromatic rings. The normalized spacial score (nSPS) is 35.0. The summed E-state index contributed by atoms with van der Waals surface area (Å²) in [6.45, 7) is 10.9. The van der Waals surface area contributed by atoms with Crippen molar-refractivity contribution in [2.75, 3.05) is 19.6 Å². The van der Waals surface area contributed by atoms with Crippen LogP contribution in [0.5, 0.6) is 0 Å². The van der Waals surface area contributed by atoms with Crippen LogP contribution < -0.4 is 5.32 Å². The van der Waals surface area contributed by atoms with Gasteiger partial charge in [0, 0.05) is 12.1 Å². The molecule has 18 heavy (non-hydrogen) atoms. The van der Waals surface area contributed by atoms with Crippen LogP contribution in [0.4, 0.5) is 0 Å². The van der Waals surface area contributed by atoms with Gasteiger partial charge in [0.05, 0.1) is 0 Å². The lowest BCUT2D eigenvalue weighted by Gasteiger charge is -2.24. The Labute approximate surface area is 114 Å². The van der Waals surface area contributed by atoms with Crippen LogP contribution in [0.25, 0.3) is 0 Å². The average Bonchev–Trinajstić information content (AvgIpc) is 2.62. The number of nitrogens with one attached hydrogen (secondary N) is 1.